The largest absolute Gasteiger partial charge is 0.373 e. The van der Waals surface area contributed by atoms with Crippen molar-refractivity contribution < 1.29 is 4.74 Å². The smallest absolute Gasteiger partial charge is 0.190 e. The predicted molar refractivity (Wildman–Crippen MR) is 94.3 cm³/mol. The minimum Gasteiger partial charge on any atom is -0.373 e. The van der Waals surface area contributed by atoms with Gasteiger partial charge in [-0.3, -0.25) is 0 Å². The molecule has 0 saturated heterocycles. The van der Waals surface area contributed by atoms with E-state index in [2.05, 4.69) is 48.3 Å². The van der Waals surface area contributed by atoms with E-state index >= 15 is 0 Å². The Hall–Kier alpha value is -2.19. The van der Waals surface area contributed by atoms with Crippen LogP contribution >= 0.6 is 0 Å². The molecule has 1 N–H and O–H groups in total. The van der Waals surface area contributed by atoms with Gasteiger partial charge in [0, 0.05) is 5.56 Å². The van der Waals surface area contributed by atoms with E-state index in [9.17, 15) is 0 Å². The summed E-state index contributed by atoms with van der Waals surface area (Å²) in [5, 5.41) is 19.6. The fourth-order valence-electron chi connectivity index (χ4n) is 4.90. The van der Waals surface area contributed by atoms with Crippen LogP contribution in [-0.4, -0.2) is 21.5 Å². The minimum atomic E-state index is 0.273. The van der Waals surface area contributed by atoms with Crippen molar-refractivity contribution in [2.24, 2.45) is 16.7 Å². The molecular formula is C20H24N4O. The molecular weight excluding hydrogens is 312 g/mol. The van der Waals surface area contributed by atoms with Gasteiger partial charge in [0.15, 0.2) is 5.69 Å². The monoisotopic (exact) mass is 336 g/mol. The SMILES string of the molecule is CC1(C)C2CCC1(C)C(OCc1cccc(-c3n[nH]nc3C#N)c1)C2. The van der Waals surface area contributed by atoms with E-state index in [1.807, 2.05) is 18.2 Å². The zero-order valence-corrected chi connectivity index (χ0v) is 15.0. The van der Waals surface area contributed by atoms with Crippen molar-refractivity contribution in [3.63, 3.8) is 0 Å². The van der Waals surface area contributed by atoms with Gasteiger partial charge < -0.3 is 4.74 Å². The number of nitrogens with one attached hydrogen (secondary N) is 1. The lowest BCUT2D eigenvalue weighted by Gasteiger charge is -2.39. The van der Waals surface area contributed by atoms with Gasteiger partial charge >= 0.3 is 0 Å². The van der Waals surface area contributed by atoms with Crippen LogP contribution in [0.3, 0.4) is 0 Å². The third kappa shape index (κ3) is 2.39. The minimum absolute atomic E-state index is 0.273. The van der Waals surface area contributed by atoms with Crippen LogP contribution in [-0.2, 0) is 11.3 Å². The second-order valence-electron chi connectivity index (χ2n) is 8.24. The normalized spacial score (nSPS) is 29.7. The number of aromatic nitrogens is 3. The average Bonchev–Trinajstić information content (AvgIpc) is 3.22. The molecule has 0 aliphatic heterocycles. The molecule has 1 aromatic heterocycles. The Morgan fingerprint density at radius 2 is 2.16 bits per heavy atom. The lowest BCUT2D eigenvalue weighted by atomic mass is 9.70. The molecule has 1 aromatic carbocycles. The van der Waals surface area contributed by atoms with E-state index in [0.717, 1.165) is 17.0 Å². The number of ether oxygens (including phenoxy) is 1. The molecule has 130 valence electrons. The molecule has 2 aromatic rings. The maximum absolute atomic E-state index is 9.13. The number of hydrogen-bond acceptors (Lipinski definition) is 4. The van der Waals surface area contributed by atoms with Crippen molar-refractivity contribution in [3.8, 4) is 17.3 Å². The standard InChI is InChI=1S/C20H24N4O/c1-19(2)15-7-8-20(19,3)17(10-15)25-12-13-5-4-6-14(9-13)18-16(11-21)22-24-23-18/h4-6,9,15,17H,7-8,10,12H2,1-3H3,(H,22,23,24). The van der Waals surface area contributed by atoms with Crippen LogP contribution in [0, 0.1) is 28.1 Å². The van der Waals surface area contributed by atoms with Gasteiger partial charge in [0.2, 0.25) is 0 Å². The van der Waals surface area contributed by atoms with Gasteiger partial charge in [0.25, 0.3) is 0 Å². The molecule has 4 rings (SSSR count). The summed E-state index contributed by atoms with van der Waals surface area (Å²) in [6, 6.07) is 10.1. The van der Waals surface area contributed by atoms with Gasteiger partial charge in [-0.05, 0) is 47.6 Å². The van der Waals surface area contributed by atoms with E-state index in [1.165, 1.54) is 19.3 Å². The molecule has 5 nitrogen and oxygen atoms in total. The van der Waals surface area contributed by atoms with E-state index < -0.39 is 0 Å². The number of H-pyrrole nitrogens is 1. The highest BCUT2D eigenvalue weighted by molar-refractivity contribution is 5.64. The first-order valence-corrected chi connectivity index (χ1v) is 8.97. The highest BCUT2D eigenvalue weighted by Gasteiger charge is 2.61. The number of fused-ring (bicyclic) bond motifs is 2. The quantitative estimate of drug-likeness (QED) is 0.913. The first kappa shape index (κ1) is 16.3. The summed E-state index contributed by atoms with van der Waals surface area (Å²) in [7, 11) is 0. The van der Waals surface area contributed by atoms with Crippen molar-refractivity contribution in [2.75, 3.05) is 0 Å². The molecule has 0 spiro atoms. The second kappa shape index (κ2) is 5.67. The zero-order chi connectivity index (χ0) is 17.7. The Bertz CT molecular complexity index is 834. The average molecular weight is 336 g/mol. The third-order valence-corrected chi connectivity index (χ3v) is 7.02. The van der Waals surface area contributed by atoms with Crippen molar-refractivity contribution in [2.45, 2.75) is 52.7 Å². The number of aromatic amines is 1. The highest BCUT2D eigenvalue weighted by Crippen LogP contribution is 2.66. The van der Waals surface area contributed by atoms with Crippen LogP contribution in [0.1, 0.15) is 51.3 Å². The van der Waals surface area contributed by atoms with Crippen LogP contribution in [0.4, 0.5) is 0 Å². The zero-order valence-electron chi connectivity index (χ0n) is 15.0. The number of hydrogen-bond donors (Lipinski definition) is 1. The Labute approximate surface area is 148 Å². The molecule has 0 radical (unpaired) electrons. The third-order valence-electron chi connectivity index (χ3n) is 7.02. The lowest BCUT2D eigenvalue weighted by Crippen LogP contribution is -2.37. The summed E-state index contributed by atoms with van der Waals surface area (Å²) in [5.74, 6) is 0.780. The summed E-state index contributed by atoms with van der Waals surface area (Å²) in [6.45, 7) is 7.80. The molecule has 3 atom stereocenters. The Morgan fingerprint density at radius 3 is 2.84 bits per heavy atom. The fraction of sp³-hybridized carbons (Fsp3) is 0.550. The Balaban J connectivity index is 1.50. The van der Waals surface area contributed by atoms with Crippen LogP contribution in [0.15, 0.2) is 24.3 Å². The number of nitriles is 1. The van der Waals surface area contributed by atoms with Crippen LogP contribution in [0.25, 0.3) is 11.3 Å². The van der Waals surface area contributed by atoms with Crippen molar-refractivity contribution in [3.05, 3.63) is 35.5 Å². The van der Waals surface area contributed by atoms with Gasteiger partial charge in [-0.1, -0.05) is 39.0 Å². The van der Waals surface area contributed by atoms with E-state index in [4.69, 9.17) is 10.00 Å². The number of benzene rings is 1. The molecule has 3 unspecified atom stereocenters. The summed E-state index contributed by atoms with van der Waals surface area (Å²) >= 11 is 0. The molecule has 2 fully saturated rings. The molecule has 5 heteroatoms. The van der Waals surface area contributed by atoms with Gasteiger partial charge in [0.05, 0.1) is 12.7 Å². The van der Waals surface area contributed by atoms with E-state index in [0.29, 0.717) is 29.5 Å². The topological polar surface area (TPSA) is 74.6 Å². The van der Waals surface area contributed by atoms with Gasteiger partial charge in [-0.15, -0.1) is 5.10 Å². The molecule has 0 amide bonds. The van der Waals surface area contributed by atoms with Gasteiger partial charge in [-0.2, -0.15) is 15.6 Å². The first-order chi connectivity index (χ1) is 12.0. The van der Waals surface area contributed by atoms with Crippen molar-refractivity contribution in [1.29, 1.82) is 5.26 Å². The van der Waals surface area contributed by atoms with Crippen LogP contribution in [0.2, 0.25) is 0 Å². The molecule has 2 bridgehead atoms. The van der Waals surface area contributed by atoms with E-state index in [1.54, 1.807) is 0 Å². The molecule has 2 aliphatic carbocycles. The predicted octanol–water partition coefficient (Wildman–Crippen LogP) is 4.07. The molecule has 1 heterocycles. The van der Waals surface area contributed by atoms with Crippen LogP contribution < -0.4 is 0 Å². The summed E-state index contributed by atoms with van der Waals surface area (Å²) < 4.78 is 6.38. The van der Waals surface area contributed by atoms with Crippen molar-refractivity contribution in [1.82, 2.24) is 15.4 Å². The summed E-state index contributed by atoms with van der Waals surface area (Å²) in [5.41, 5.74) is 3.55. The lowest BCUT2D eigenvalue weighted by molar-refractivity contribution is -0.0550. The van der Waals surface area contributed by atoms with Gasteiger partial charge in [-0.25, -0.2) is 0 Å². The Morgan fingerprint density at radius 1 is 1.32 bits per heavy atom. The molecule has 2 saturated carbocycles. The summed E-state index contributed by atoms with van der Waals surface area (Å²) in [6.07, 6.45) is 4.10. The number of nitrogens with zero attached hydrogens (tertiary/aromatic N) is 3. The molecule has 2 aliphatic rings. The highest BCUT2D eigenvalue weighted by atomic mass is 16.5. The van der Waals surface area contributed by atoms with Gasteiger partial charge in [0.1, 0.15) is 11.8 Å². The fourth-order valence-corrected chi connectivity index (χ4v) is 4.90. The second-order valence-corrected chi connectivity index (χ2v) is 8.24. The van der Waals surface area contributed by atoms with Crippen LogP contribution in [0.5, 0.6) is 0 Å². The van der Waals surface area contributed by atoms with E-state index in [-0.39, 0.29) is 5.41 Å². The first-order valence-electron chi connectivity index (χ1n) is 8.97. The van der Waals surface area contributed by atoms with Crippen molar-refractivity contribution >= 4 is 0 Å². The number of rotatable bonds is 4. The maximum Gasteiger partial charge on any atom is 0.190 e. The Kier molecular flexibility index (Phi) is 3.69. The molecule has 25 heavy (non-hydrogen) atoms. The maximum atomic E-state index is 9.13. The summed E-state index contributed by atoms with van der Waals surface area (Å²) in [4.78, 5) is 0.